The first-order valence-electron chi connectivity index (χ1n) is 12.0. The summed E-state index contributed by atoms with van der Waals surface area (Å²) in [5.41, 5.74) is 9.55. The van der Waals surface area contributed by atoms with Crippen molar-refractivity contribution in [2.75, 3.05) is 19.0 Å². The molecule has 6 N–H and O–H groups in total. The molecule has 0 spiro atoms. The van der Waals surface area contributed by atoms with Gasteiger partial charge in [-0.05, 0) is 47.5 Å². The molecule has 4 rings (SSSR count). The van der Waals surface area contributed by atoms with Crippen molar-refractivity contribution in [1.82, 2.24) is 15.3 Å². The number of rotatable bonds is 12. The molecule has 196 valence electrons. The highest BCUT2D eigenvalue weighted by Crippen LogP contribution is 2.32. The van der Waals surface area contributed by atoms with Crippen molar-refractivity contribution in [2.24, 2.45) is 10.9 Å². The maximum Gasteiger partial charge on any atom is 0.247 e. The Balaban J connectivity index is 1.54. The average Bonchev–Trinajstić information content (AvgIpc) is 3.48. The zero-order valence-corrected chi connectivity index (χ0v) is 20.9. The number of aromatic amines is 1. The summed E-state index contributed by atoms with van der Waals surface area (Å²) < 4.78 is 11.6. The van der Waals surface area contributed by atoms with E-state index in [1.165, 1.54) is 0 Å². The molecule has 0 saturated heterocycles. The number of nitrogens with zero attached hydrogens (tertiary/aromatic N) is 2. The highest BCUT2D eigenvalue weighted by Gasteiger charge is 2.22. The molecular formula is C28H30N6O4. The summed E-state index contributed by atoms with van der Waals surface area (Å²) in [6.45, 7) is 0.815. The van der Waals surface area contributed by atoms with Crippen LogP contribution in [0.25, 0.3) is 0 Å². The van der Waals surface area contributed by atoms with Gasteiger partial charge in [0, 0.05) is 36.1 Å². The Morgan fingerprint density at radius 1 is 1.11 bits per heavy atom. The van der Waals surface area contributed by atoms with Crippen molar-refractivity contribution in [2.45, 2.75) is 19.1 Å². The minimum atomic E-state index is -0.733. The number of carbonyl (C=O) groups excluding carboxylic acids is 1. The van der Waals surface area contributed by atoms with Crippen molar-refractivity contribution < 1.29 is 19.5 Å². The maximum atomic E-state index is 13.3. The van der Waals surface area contributed by atoms with Gasteiger partial charge in [0.15, 0.2) is 17.3 Å². The van der Waals surface area contributed by atoms with Crippen LogP contribution in [0.15, 0.2) is 90.5 Å². The van der Waals surface area contributed by atoms with E-state index in [-0.39, 0.29) is 11.7 Å². The van der Waals surface area contributed by atoms with Crippen LogP contribution in [0.3, 0.4) is 0 Å². The van der Waals surface area contributed by atoms with Crippen LogP contribution in [0.2, 0.25) is 0 Å². The van der Waals surface area contributed by atoms with E-state index in [9.17, 15) is 4.79 Å². The first kappa shape index (κ1) is 26.1. The fourth-order valence-electron chi connectivity index (χ4n) is 3.82. The van der Waals surface area contributed by atoms with E-state index >= 15 is 0 Å². The highest BCUT2D eigenvalue weighted by atomic mass is 16.5. The lowest BCUT2D eigenvalue weighted by Gasteiger charge is -2.21. The number of benzene rings is 3. The number of amidine groups is 1. The van der Waals surface area contributed by atoms with Crippen LogP contribution in [0.1, 0.15) is 28.4 Å². The third kappa shape index (κ3) is 6.82. The van der Waals surface area contributed by atoms with Crippen LogP contribution in [0.5, 0.6) is 11.5 Å². The van der Waals surface area contributed by atoms with Gasteiger partial charge >= 0.3 is 0 Å². The zero-order chi connectivity index (χ0) is 26.7. The number of methoxy groups -OCH3 is 1. The summed E-state index contributed by atoms with van der Waals surface area (Å²) in [7, 11) is 1.56. The topological polar surface area (TPSA) is 147 Å². The van der Waals surface area contributed by atoms with Gasteiger partial charge in [0.2, 0.25) is 5.91 Å². The molecule has 3 aromatic carbocycles. The number of oxime groups is 1. The Morgan fingerprint density at radius 2 is 1.89 bits per heavy atom. The summed E-state index contributed by atoms with van der Waals surface area (Å²) in [5, 5.41) is 18.2. The monoisotopic (exact) mass is 514 g/mol. The predicted molar refractivity (Wildman–Crippen MR) is 144 cm³/mol. The summed E-state index contributed by atoms with van der Waals surface area (Å²) in [4.78, 5) is 20.4. The molecule has 0 unspecified atom stereocenters. The number of hydrogen-bond acceptors (Lipinski definition) is 7. The minimum absolute atomic E-state index is 0.000442. The largest absolute Gasteiger partial charge is 0.493 e. The van der Waals surface area contributed by atoms with Crippen LogP contribution >= 0.6 is 0 Å². The van der Waals surface area contributed by atoms with Gasteiger partial charge in [-0.15, -0.1) is 0 Å². The SMILES string of the molecule is COc1cc([C@H](Nc2ccc(C(N)=NO)cc2)C(=O)NCCc2cnc[nH]2)ccc1OCc1ccccc1. The molecule has 1 aromatic heterocycles. The number of hydrogen-bond donors (Lipinski definition) is 5. The number of amides is 1. The summed E-state index contributed by atoms with van der Waals surface area (Å²) in [5.74, 6) is 0.866. The van der Waals surface area contributed by atoms with Gasteiger partial charge in [-0.1, -0.05) is 41.6 Å². The second-order valence-electron chi connectivity index (χ2n) is 8.44. The average molecular weight is 515 g/mol. The molecule has 0 radical (unpaired) electrons. The Morgan fingerprint density at radius 3 is 2.58 bits per heavy atom. The third-order valence-corrected chi connectivity index (χ3v) is 5.87. The fourth-order valence-corrected chi connectivity index (χ4v) is 3.82. The quantitative estimate of drug-likeness (QED) is 0.0840. The standard InChI is InChI=1S/C28H30N6O4/c1-37-25-15-21(9-12-24(25)38-17-19-5-3-2-4-6-19)26(28(35)31-14-13-23-16-30-18-32-23)33-22-10-7-20(8-11-22)27(29)34-36/h2-12,15-16,18,26,33,36H,13-14,17H2,1H3,(H2,29,34)(H,30,32)(H,31,35)/t26-/m0/s1. The number of aromatic nitrogens is 2. The molecular weight excluding hydrogens is 484 g/mol. The lowest BCUT2D eigenvalue weighted by molar-refractivity contribution is -0.121. The van der Waals surface area contributed by atoms with Gasteiger partial charge in [0.1, 0.15) is 12.6 Å². The second kappa shape index (κ2) is 12.8. The Bertz CT molecular complexity index is 1340. The van der Waals surface area contributed by atoms with E-state index in [4.69, 9.17) is 20.4 Å². The molecule has 0 fully saturated rings. The van der Waals surface area contributed by atoms with E-state index < -0.39 is 6.04 Å². The van der Waals surface area contributed by atoms with Crippen LogP contribution in [-0.2, 0) is 17.8 Å². The number of anilines is 1. The van der Waals surface area contributed by atoms with Crippen molar-refractivity contribution in [3.05, 3.63) is 108 Å². The van der Waals surface area contributed by atoms with E-state index in [1.807, 2.05) is 36.4 Å². The van der Waals surface area contributed by atoms with Gasteiger partial charge in [-0.3, -0.25) is 4.79 Å². The molecule has 10 heteroatoms. The van der Waals surface area contributed by atoms with E-state index in [0.717, 1.165) is 11.3 Å². The molecule has 4 aromatic rings. The van der Waals surface area contributed by atoms with Crippen molar-refractivity contribution in [3.63, 3.8) is 0 Å². The highest BCUT2D eigenvalue weighted by molar-refractivity contribution is 5.97. The molecule has 1 atom stereocenters. The van der Waals surface area contributed by atoms with Crippen LogP contribution in [0.4, 0.5) is 5.69 Å². The van der Waals surface area contributed by atoms with Crippen LogP contribution < -0.4 is 25.8 Å². The van der Waals surface area contributed by atoms with Gasteiger partial charge in [0.05, 0.1) is 13.4 Å². The Labute approximate surface area is 220 Å². The van der Waals surface area contributed by atoms with Crippen LogP contribution in [-0.4, -0.2) is 40.6 Å². The second-order valence-corrected chi connectivity index (χ2v) is 8.44. The molecule has 0 aliphatic carbocycles. The molecule has 0 saturated carbocycles. The Hall–Kier alpha value is -4.99. The zero-order valence-electron chi connectivity index (χ0n) is 20.9. The number of imidazole rings is 1. The molecule has 0 aliphatic rings. The van der Waals surface area contributed by atoms with Gasteiger partial charge in [-0.2, -0.15) is 0 Å². The van der Waals surface area contributed by atoms with Gasteiger partial charge < -0.3 is 36.0 Å². The molecule has 38 heavy (non-hydrogen) atoms. The fraction of sp³-hybridized carbons (Fsp3) is 0.179. The lowest BCUT2D eigenvalue weighted by Crippen LogP contribution is -2.34. The smallest absolute Gasteiger partial charge is 0.247 e. The first-order chi connectivity index (χ1) is 18.6. The van der Waals surface area contributed by atoms with E-state index in [2.05, 4.69) is 25.8 Å². The summed E-state index contributed by atoms with van der Waals surface area (Å²) in [6.07, 6.45) is 3.94. The molecule has 1 amide bonds. The number of nitrogens with one attached hydrogen (secondary N) is 3. The summed E-state index contributed by atoms with van der Waals surface area (Å²) in [6, 6.07) is 21.4. The van der Waals surface area contributed by atoms with E-state index in [1.54, 1.807) is 56.0 Å². The number of carbonyl (C=O) groups is 1. The molecule has 0 aliphatic heterocycles. The van der Waals surface area contributed by atoms with Crippen molar-refractivity contribution >= 4 is 17.4 Å². The lowest BCUT2D eigenvalue weighted by atomic mass is 10.0. The first-order valence-corrected chi connectivity index (χ1v) is 12.0. The predicted octanol–water partition coefficient (Wildman–Crippen LogP) is 3.60. The number of ether oxygens (including phenoxy) is 2. The van der Waals surface area contributed by atoms with Gasteiger partial charge in [0.25, 0.3) is 0 Å². The minimum Gasteiger partial charge on any atom is -0.493 e. The normalized spacial score (nSPS) is 12.0. The molecule has 10 nitrogen and oxygen atoms in total. The summed E-state index contributed by atoms with van der Waals surface area (Å²) >= 11 is 0. The van der Waals surface area contributed by atoms with Crippen LogP contribution in [0, 0.1) is 0 Å². The third-order valence-electron chi connectivity index (χ3n) is 5.87. The Kier molecular flexibility index (Phi) is 8.80. The van der Waals surface area contributed by atoms with E-state index in [0.29, 0.717) is 47.9 Å². The maximum absolute atomic E-state index is 13.3. The molecule has 1 heterocycles. The van der Waals surface area contributed by atoms with Gasteiger partial charge in [-0.25, -0.2) is 4.98 Å². The van der Waals surface area contributed by atoms with Crippen molar-refractivity contribution in [3.8, 4) is 11.5 Å². The molecule has 0 bridgehead atoms. The number of H-pyrrole nitrogens is 1. The number of nitrogens with two attached hydrogens (primary N) is 1. The van der Waals surface area contributed by atoms with Crippen molar-refractivity contribution in [1.29, 1.82) is 0 Å².